The lowest BCUT2D eigenvalue weighted by Gasteiger charge is -2.29. The zero-order valence-electron chi connectivity index (χ0n) is 10.6. The Morgan fingerprint density at radius 2 is 2.12 bits per heavy atom. The Morgan fingerprint density at radius 3 is 2.56 bits per heavy atom. The second kappa shape index (κ2) is 6.50. The number of amides is 1. The highest BCUT2D eigenvalue weighted by atomic mass is 32.2. The number of thioether (sulfide) groups is 1. The summed E-state index contributed by atoms with van der Waals surface area (Å²) >= 11 is 1.74. The van der Waals surface area contributed by atoms with Gasteiger partial charge in [0.1, 0.15) is 0 Å². The van der Waals surface area contributed by atoms with Crippen LogP contribution in [0.1, 0.15) is 33.1 Å². The van der Waals surface area contributed by atoms with Crippen LogP contribution in [0.5, 0.6) is 0 Å². The maximum absolute atomic E-state index is 12.1. The first-order valence-electron chi connectivity index (χ1n) is 6.11. The minimum atomic E-state index is -0.311. The Labute approximate surface area is 103 Å². The zero-order chi connectivity index (χ0) is 12.1. The fraction of sp³-hybridized carbons (Fsp3) is 0.917. The molecule has 94 valence electrons. The number of rotatable bonds is 7. The van der Waals surface area contributed by atoms with E-state index in [1.165, 1.54) is 12.8 Å². The van der Waals surface area contributed by atoms with Crippen molar-refractivity contribution in [1.82, 2.24) is 4.90 Å². The lowest BCUT2D eigenvalue weighted by molar-refractivity contribution is -0.134. The Hall–Kier alpha value is -0.220. The summed E-state index contributed by atoms with van der Waals surface area (Å²) in [6.07, 6.45) is 5.38. The average Bonchev–Trinajstić information content (AvgIpc) is 3.04. The van der Waals surface area contributed by atoms with Crippen molar-refractivity contribution in [3.05, 3.63) is 0 Å². The van der Waals surface area contributed by atoms with Gasteiger partial charge in [-0.2, -0.15) is 11.8 Å². The van der Waals surface area contributed by atoms with Crippen LogP contribution in [0.2, 0.25) is 0 Å². The average molecular weight is 244 g/mol. The van der Waals surface area contributed by atoms with Crippen molar-refractivity contribution in [2.75, 3.05) is 18.6 Å². The molecular formula is C12H24N2OS. The first-order chi connectivity index (χ1) is 7.56. The third-order valence-corrected chi connectivity index (χ3v) is 3.65. The fourth-order valence-corrected chi connectivity index (χ4v) is 2.20. The normalized spacial score (nSPS) is 17.6. The SMILES string of the molecule is CSCC[C@H](N)C(=O)N(CC1CC1)C(C)C. The molecule has 16 heavy (non-hydrogen) atoms. The van der Waals surface area contributed by atoms with Crippen LogP contribution >= 0.6 is 11.8 Å². The molecule has 0 radical (unpaired) electrons. The molecule has 1 rings (SSSR count). The molecule has 3 nitrogen and oxygen atoms in total. The lowest BCUT2D eigenvalue weighted by atomic mass is 10.1. The van der Waals surface area contributed by atoms with Gasteiger partial charge in [0.15, 0.2) is 0 Å². The van der Waals surface area contributed by atoms with Crippen LogP contribution in [-0.2, 0) is 4.79 Å². The Balaban J connectivity index is 2.44. The number of nitrogens with zero attached hydrogens (tertiary/aromatic N) is 1. The molecular weight excluding hydrogens is 220 g/mol. The zero-order valence-corrected chi connectivity index (χ0v) is 11.4. The number of carbonyl (C=O) groups is 1. The number of hydrogen-bond acceptors (Lipinski definition) is 3. The minimum Gasteiger partial charge on any atom is -0.339 e. The quantitative estimate of drug-likeness (QED) is 0.741. The minimum absolute atomic E-state index is 0.135. The fourth-order valence-electron chi connectivity index (χ4n) is 1.72. The van der Waals surface area contributed by atoms with Gasteiger partial charge in [-0.15, -0.1) is 0 Å². The van der Waals surface area contributed by atoms with E-state index in [9.17, 15) is 4.79 Å². The molecule has 1 saturated carbocycles. The topological polar surface area (TPSA) is 46.3 Å². The summed E-state index contributed by atoms with van der Waals surface area (Å²) in [4.78, 5) is 14.1. The largest absolute Gasteiger partial charge is 0.339 e. The standard InChI is InChI=1S/C12H24N2OS/c1-9(2)14(8-10-4-5-10)12(15)11(13)6-7-16-3/h9-11H,4-8,13H2,1-3H3/t11-/m0/s1. The number of nitrogens with two attached hydrogens (primary N) is 1. The smallest absolute Gasteiger partial charge is 0.239 e. The van der Waals surface area contributed by atoms with Crippen LogP contribution in [0.25, 0.3) is 0 Å². The van der Waals surface area contributed by atoms with E-state index in [0.717, 1.165) is 24.6 Å². The molecule has 1 fully saturated rings. The number of carbonyl (C=O) groups excluding carboxylic acids is 1. The van der Waals surface area contributed by atoms with Gasteiger partial charge in [0.05, 0.1) is 6.04 Å². The van der Waals surface area contributed by atoms with Gasteiger partial charge in [-0.05, 0) is 51.0 Å². The molecule has 0 unspecified atom stereocenters. The van der Waals surface area contributed by atoms with Gasteiger partial charge in [-0.1, -0.05) is 0 Å². The van der Waals surface area contributed by atoms with E-state index < -0.39 is 0 Å². The lowest BCUT2D eigenvalue weighted by Crippen LogP contribution is -2.48. The summed E-state index contributed by atoms with van der Waals surface area (Å²) in [6, 6.07) is -0.0398. The molecule has 1 atom stereocenters. The van der Waals surface area contributed by atoms with Crippen molar-refractivity contribution in [2.45, 2.75) is 45.2 Å². The molecule has 1 amide bonds. The third kappa shape index (κ3) is 4.34. The summed E-state index contributed by atoms with van der Waals surface area (Å²) in [5.74, 6) is 1.83. The summed E-state index contributed by atoms with van der Waals surface area (Å²) in [5.41, 5.74) is 5.93. The van der Waals surface area contributed by atoms with E-state index in [4.69, 9.17) is 5.73 Å². The van der Waals surface area contributed by atoms with Crippen molar-refractivity contribution in [2.24, 2.45) is 11.7 Å². The molecule has 0 bridgehead atoms. The van der Waals surface area contributed by atoms with Gasteiger partial charge in [0, 0.05) is 12.6 Å². The maximum atomic E-state index is 12.1. The first-order valence-corrected chi connectivity index (χ1v) is 7.50. The number of hydrogen-bond donors (Lipinski definition) is 1. The molecule has 4 heteroatoms. The van der Waals surface area contributed by atoms with Gasteiger partial charge in [0.25, 0.3) is 0 Å². The highest BCUT2D eigenvalue weighted by Crippen LogP contribution is 2.30. The van der Waals surface area contributed by atoms with Gasteiger partial charge < -0.3 is 10.6 Å². The first kappa shape index (κ1) is 13.8. The van der Waals surface area contributed by atoms with E-state index in [0.29, 0.717) is 0 Å². The van der Waals surface area contributed by atoms with Crippen LogP contribution in [0.15, 0.2) is 0 Å². The Kier molecular flexibility index (Phi) is 5.62. The van der Waals surface area contributed by atoms with Gasteiger partial charge in [0.2, 0.25) is 5.91 Å². The molecule has 0 spiro atoms. The van der Waals surface area contributed by atoms with Crippen molar-refractivity contribution < 1.29 is 4.79 Å². The molecule has 1 aliphatic rings. The third-order valence-electron chi connectivity index (χ3n) is 3.01. The summed E-state index contributed by atoms with van der Waals surface area (Å²) in [7, 11) is 0. The van der Waals surface area contributed by atoms with Crippen molar-refractivity contribution in [3.63, 3.8) is 0 Å². The van der Waals surface area contributed by atoms with E-state index in [1.807, 2.05) is 11.2 Å². The van der Waals surface area contributed by atoms with Crippen LogP contribution in [0.4, 0.5) is 0 Å². The molecule has 2 N–H and O–H groups in total. The van der Waals surface area contributed by atoms with Crippen LogP contribution < -0.4 is 5.73 Å². The molecule has 0 heterocycles. The summed E-state index contributed by atoms with van der Waals surface area (Å²) in [5, 5.41) is 0. The Bertz CT molecular complexity index is 229. The van der Waals surface area contributed by atoms with Crippen molar-refractivity contribution in [3.8, 4) is 0 Å². The van der Waals surface area contributed by atoms with Gasteiger partial charge in [-0.25, -0.2) is 0 Å². The molecule has 0 aromatic heterocycles. The van der Waals surface area contributed by atoms with Crippen LogP contribution in [0.3, 0.4) is 0 Å². The molecule has 1 aliphatic carbocycles. The van der Waals surface area contributed by atoms with Crippen LogP contribution in [-0.4, -0.2) is 41.4 Å². The van der Waals surface area contributed by atoms with Crippen LogP contribution in [0, 0.1) is 5.92 Å². The molecule has 0 aromatic rings. The maximum Gasteiger partial charge on any atom is 0.239 e. The predicted molar refractivity (Wildman–Crippen MR) is 70.5 cm³/mol. The highest BCUT2D eigenvalue weighted by Gasteiger charge is 2.30. The van der Waals surface area contributed by atoms with E-state index in [-0.39, 0.29) is 18.0 Å². The second-order valence-electron chi connectivity index (χ2n) is 4.92. The van der Waals surface area contributed by atoms with E-state index in [1.54, 1.807) is 11.8 Å². The Morgan fingerprint density at radius 1 is 1.50 bits per heavy atom. The summed E-state index contributed by atoms with van der Waals surface area (Å²) < 4.78 is 0. The monoisotopic (exact) mass is 244 g/mol. The van der Waals surface area contributed by atoms with E-state index in [2.05, 4.69) is 13.8 Å². The van der Waals surface area contributed by atoms with Crippen molar-refractivity contribution in [1.29, 1.82) is 0 Å². The van der Waals surface area contributed by atoms with E-state index >= 15 is 0 Å². The highest BCUT2D eigenvalue weighted by molar-refractivity contribution is 7.98. The molecule has 0 aliphatic heterocycles. The van der Waals surface area contributed by atoms with Gasteiger partial charge in [-0.3, -0.25) is 4.79 Å². The molecule has 0 saturated heterocycles. The predicted octanol–water partition coefficient (Wildman–Crippen LogP) is 1.71. The van der Waals surface area contributed by atoms with Gasteiger partial charge >= 0.3 is 0 Å². The van der Waals surface area contributed by atoms with Crippen molar-refractivity contribution >= 4 is 17.7 Å². The molecule has 0 aromatic carbocycles. The summed E-state index contributed by atoms with van der Waals surface area (Å²) in [6.45, 7) is 5.05. The second-order valence-corrected chi connectivity index (χ2v) is 5.90.